The van der Waals surface area contributed by atoms with E-state index in [1.165, 1.54) is 7.11 Å². The topological polar surface area (TPSA) is 72.8 Å². The van der Waals surface area contributed by atoms with E-state index in [0.717, 1.165) is 5.56 Å². The highest BCUT2D eigenvalue weighted by Gasteiger charge is 2.07. The van der Waals surface area contributed by atoms with Gasteiger partial charge in [-0.3, -0.25) is 9.59 Å². The molecule has 0 aliphatic rings. The van der Waals surface area contributed by atoms with Crippen LogP contribution in [0.1, 0.15) is 18.4 Å². The minimum Gasteiger partial charge on any atom is -0.481 e. The molecule has 98 valence electrons. The van der Waals surface area contributed by atoms with Gasteiger partial charge in [-0.15, -0.1) is 0 Å². The molecule has 1 rings (SSSR count). The summed E-state index contributed by atoms with van der Waals surface area (Å²) in [4.78, 5) is 21.9. The molecule has 0 radical (unpaired) electrons. The fraction of sp³-hybridized carbons (Fsp3) is 0.385. The summed E-state index contributed by atoms with van der Waals surface area (Å²) >= 11 is 0. The van der Waals surface area contributed by atoms with Crippen LogP contribution in [0.3, 0.4) is 0 Å². The van der Waals surface area contributed by atoms with E-state index in [2.05, 4.69) is 0 Å². The number of rotatable bonds is 8. The molecule has 1 aromatic rings. The number of ketones is 1. The lowest BCUT2D eigenvalue weighted by Gasteiger charge is -2.06. The van der Waals surface area contributed by atoms with E-state index in [1.54, 1.807) is 24.3 Å². The maximum absolute atomic E-state index is 11.5. The van der Waals surface area contributed by atoms with Gasteiger partial charge in [0.05, 0.1) is 6.42 Å². The van der Waals surface area contributed by atoms with Gasteiger partial charge in [0.1, 0.15) is 11.5 Å². The van der Waals surface area contributed by atoms with E-state index >= 15 is 0 Å². The van der Waals surface area contributed by atoms with E-state index in [-0.39, 0.29) is 31.8 Å². The van der Waals surface area contributed by atoms with Crippen molar-refractivity contribution in [1.82, 2.24) is 0 Å². The number of aliphatic carboxylic acids is 1. The van der Waals surface area contributed by atoms with Crippen LogP contribution in [0.5, 0.6) is 5.75 Å². The standard InChI is InChI=1S/C13H16O5/c1-17-9-18-12-4-2-3-10(8-12)7-11(14)5-6-13(15)16/h2-4,8H,5-7,9H2,1H3,(H,15,16). The molecule has 0 amide bonds. The van der Waals surface area contributed by atoms with Crippen molar-refractivity contribution in [2.24, 2.45) is 0 Å². The fourth-order valence-corrected chi connectivity index (χ4v) is 1.43. The summed E-state index contributed by atoms with van der Waals surface area (Å²) in [6.07, 6.45) is 0.147. The van der Waals surface area contributed by atoms with Gasteiger partial charge in [0.25, 0.3) is 0 Å². The summed E-state index contributed by atoms with van der Waals surface area (Å²) < 4.78 is 10.0. The van der Waals surface area contributed by atoms with Gasteiger partial charge in [-0.2, -0.15) is 0 Å². The van der Waals surface area contributed by atoms with Crippen molar-refractivity contribution in [3.8, 4) is 5.75 Å². The largest absolute Gasteiger partial charge is 0.481 e. The summed E-state index contributed by atoms with van der Waals surface area (Å²) in [5.41, 5.74) is 0.805. The van der Waals surface area contributed by atoms with Gasteiger partial charge in [0, 0.05) is 20.0 Å². The minimum atomic E-state index is -0.958. The predicted octanol–water partition coefficient (Wildman–Crippen LogP) is 1.65. The lowest BCUT2D eigenvalue weighted by molar-refractivity contribution is -0.138. The maximum Gasteiger partial charge on any atom is 0.303 e. The molecule has 1 N–H and O–H groups in total. The van der Waals surface area contributed by atoms with Crippen molar-refractivity contribution in [1.29, 1.82) is 0 Å². The monoisotopic (exact) mass is 252 g/mol. The lowest BCUT2D eigenvalue weighted by atomic mass is 10.1. The highest BCUT2D eigenvalue weighted by molar-refractivity contribution is 5.84. The van der Waals surface area contributed by atoms with Gasteiger partial charge >= 0.3 is 5.97 Å². The van der Waals surface area contributed by atoms with Crippen LogP contribution in [0.2, 0.25) is 0 Å². The van der Waals surface area contributed by atoms with Crippen molar-refractivity contribution in [3.05, 3.63) is 29.8 Å². The molecule has 0 aliphatic carbocycles. The average molecular weight is 252 g/mol. The van der Waals surface area contributed by atoms with E-state index < -0.39 is 5.97 Å². The summed E-state index contributed by atoms with van der Waals surface area (Å²) in [5, 5.41) is 8.48. The number of hydrogen-bond donors (Lipinski definition) is 1. The first-order valence-electron chi connectivity index (χ1n) is 5.56. The first-order valence-corrected chi connectivity index (χ1v) is 5.56. The van der Waals surface area contributed by atoms with Gasteiger partial charge in [0.2, 0.25) is 0 Å². The van der Waals surface area contributed by atoms with Gasteiger partial charge in [-0.1, -0.05) is 12.1 Å². The minimum absolute atomic E-state index is 0.0541. The Morgan fingerprint density at radius 1 is 1.28 bits per heavy atom. The number of carboxylic acid groups (broad SMARTS) is 1. The first-order chi connectivity index (χ1) is 8.61. The number of ether oxygens (including phenoxy) is 2. The van der Waals surface area contributed by atoms with Crippen LogP contribution in [0.25, 0.3) is 0 Å². The molecule has 0 saturated heterocycles. The number of carbonyl (C=O) groups excluding carboxylic acids is 1. The fourth-order valence-electron chi connectivity index (χ4n) is 1.43. The van der Waals surface area contributed by atoms with E-state index in [1.807, 2.05) is 0 Å². The van der Waals surface area contributed by atoms with Crippen LogP contribution in [-0.2, 0) is 20.7 Å². The maximum atomic E-state index is 11.5. The SMILES string of the molecule is COCOc1cccc(CC(=O)CCC(=O)O)c1. The number of carbonyl (C=O) groups is 2. The number of methoxy groups -OCH3 is 1. The van der Waals surface area contributed by atoms with Gasteiger partial charge in [-0.25, -0.2) is 0 Å². The van der Waals surface area contributed by atoms with Crippen LogP contribution in [0, 0.1) is 0 Å². The Morgan fingerprint density at radius 2 is 2.06 bits per heavy atom. The average Bonchev–Trinajstić information content (AvgIpc) is 2.34. The number of benzene rings is 1. The summed E-state index contributed by atoms with van der Waals surface area (Å²) in [6, 6.07) is 7.10. The smallest absolute Gasteiger partial charge is 0.303 e. The Morgan fingerprint density at radius 3 is 2.72 bits per heavy atom. The molecule has 5 nitrogen and oxygen atoms in total. The van der Waals surface area contributed by atoms with E-state index in [9.17, 15) is 9.59 Å². The molecule has 0 bridgehead atoms. The van der Waals surface area contributed by atoms with Crippen LogP contribution in [0.15, 0.2) is 24.3 Å². The molecule has 0 saturated carbocycles. The molecule has 0 fully saturated rings. The molecule has 1 aromatic carbocycles. The molecule has 0 spiro atoms. The van der Waals surface area contributed by atoms with Crippen molar-refractivity contribution in [2.45, 2.75) is 19.3 Å². The molecule has 0 aromatic heterocycles. The van der Waals surface area contributed by atoms with Crippen LogP contribution >= 0.6 is 0 Å². The van der Waals surface area contributed by atoms with Crippen molar-refractivity contribution in [3.63, 3.8) is 0 Å². The van der Waals surface area contributed by atoms with Gasteiger partial charge in [0.15, 0.2) is 6.79 Å². The zero-order chi connectivity index (χ0) is 13.4. The molecule has 18 heavy (non-hydrogen) atoms. The Labute approximate surface area is 105 Å². The second-order valence-corrected chi connectivity index (χ2v) is 3.81. The van der Waals surface area contributed by atoms with E-state index in [0.29, 0.717) is 5.75 Å². The molecule has 0 unspecified atom stereocenters. The third-order valence-corrected chi connectivity index (χ3v) is 2.26. The highest BCUT2D eigenvalue weighted by Crippen LogP contribution is 2.14. The van der Waals surface area contributed by atoms with Crippen LogP contribution in [-0.4, -0.2) is 30.8 Å². The molecular formula is C13H16O5. The predicted molar refractivity (Wildman–Crippen MR) is 64.5 cm³/mol. The molecule has 0 aliphatic heterocycles. The number of carboxylic acids is 1. The van der Waals surface area contributed by atoms with Gasteiger partial charge in [-0.05, 0) is 17.7 Å². The Balaban J connectivity index is 2.50. The van der Waals surface area contributed by atoms with Crippen LogP contribution in [0.4, 0.5) is 0 Å². The van der Waals surface area contributed by atoms with E-state index in [4.69, 9.17) is 14.6 Å². The summed E-state index contributed by atoms with van der Waals surface area (Å²) in [7, 11) is 1.53. The van der Waals surface area contributed by atoms with Crippen molar-refractivity contribution in [2.75, 3.05) is 13.9 Å². The lowest BCUT2D eigenvalue weighted by Crippen LogP contribution is -2.06. The molecule has 0 atom stereocenters. The van der Waals surface area contributed by atoms with Gasteiger partial charge < -0.3 is 14.6 Å². The first kappa shape index (κ1) is 14.2. The van der Waals surface area contributed by atoms with Crippen molar-refractivity contribution < 1.29 is 24.2 Å². The van der Waals surface area contributed by atoms with Crippen LogP contribution < -0.4 is 4.74 Å². The third kappa shape index (κ3) is 5.45. The zero-order valence-corrected chi connectivity index (χ0v) is 10.2. The quantitative estimate of drug-likeness (QED) is 0.712. The zero-order valence-electron chi connectivity index (χ0n) is 10.2. The third-order valence-electron chi connectivity index (χ3n) is 2.26. The highest BCUT2D eigenvalue weighted by atomic mass is 16.7. The Hall–Kier alpha value is -1.88. The Bertz CT molecular complexity index is 414. The number of Topliss-reactive ketones (excluding diaryl/α,β-unsaturated/α-hetero) is 1. The second-order valence-electron chi connectivity index (χ2n) is 3.81. The molecule has 0 heterocycles. The number of hydrogen-bond acceptors (Lipinski definition) is 4. The summed E-state index contributed by atoms with van der Waals surface area (Å²) in [6.45, 7) is 0.149. The van der Waals surface area contributed by atoms with Crippen molar-refractivity contribution >= 4 is 11.8 Å². The molecular weight excluding hydrogens is 236 g/mol. The molecule has 5 heteroatoms. The normalized spacial score (nSPS) is 10.1. The second kappa shape index (κ2) is 7.45. The summed E-state index contributed by atoms with van der Waals surface area (Å²) in [5.74, 6) is -0.429. The Kier molecular flexibility index (Phi) is 5.87.